The first-order valence-electron chi connectivity index (χ1n) is 4.93. The van der Waals surface area contributed by atoms with E-state index in [1.807, 2.05) is 0 Å². The molecule has 0 saturated carbocycles. The van der Waals surface area contributed by atoms with Crippen LogP contribution in [0.2, 0.25) is 0 Å². The van der Waals surface area contributed by atoms with Gasteiger partial charge in [0.15, 0.2) is 0 Å². The van der Waals surface area contributed by atoms with Gasteiger partial charge in [-0.2, -0.15) is 0 Å². The molecule has 0 bridgehead atoms. The molecule has 0 unspecified atom stereocenters. The Kier molecular flexibility index (Phi) is 7.39. The Hall–Kier alpha value is -0.770. The SMILES string of the molecule is CCCCN(CC)CC/C(N)=N/O. The summed E-state index contributed by atoms with van der Waals surface area (Å²) in [6.45, 7) is 7.32. The third-order valence-electron chi connectivity index (χ3n) is 2.09. The van der Waals surface area contributed by atoms with Gasteiger partial charge < -0.3 is 15.8 Å². The highest BCUT2D eigenvalue weighted by atomic mass is 16.4. The first kappa shape index (κ1) is 12.2. The lowest BCUT2D eigenvalue weighted by molar-refractivity contribution is 0.286. The number of oxime groups is 1. The van der Waals surface area contributed by atoms with Crippen molar-refractivity contribution in [2.24, 2.45) is 10.9 Å². The molecule has 13 heavy (non-hydrogen) atoms. The lowest BCUT2D eigenvalue weighted by Gasteiger charge is -2.19. The van der Waals surface area contributed by atoms with Crippen LogP contribution in [0.4, 0.5) is 0 Å². The molecule has 0 fully saturated rings. The monoisotopic (exact) mass is 187 g/mol. The lowest BCUT2D eigenvalue weighted by atomic mass is 10.3. The normalized spacial score (nSPS) is 12.4. The van der Waals surface area contributed by atoms with Crippen LogP contribution in [-0.2, 0) is 0 Å². The first-order valence-corrected chi connectivity index (χ1v) is 4.93. The maximum atomic E-state index is 8.34. The van der Waals surface area contributed by atoms with E-state index in [9.17, 15) is 0 Å². The molecule has 3 N–H and O–H groups in total. The number of hydrogen-bond acceptors (Lipinski definition) is 3. The molecule has 0 amide bonds. The van der Waals surface area contributed by atoms with E-state index in [-0.39, 0.29) is 0 Å². The summed E-state index contributed by atoms with van der Waals surface area (Å²) < 4.78 is 0. The molecule has 0 atom stereocenters. The molecular weight excluding hydrogens is 166 g/mol. The summed E-state index contributed by atoms with van der Waals surface area (Å²) in [4.78, 5) is 2.31. The molecule has 0 spiro atoms. The molecule has 0 aromatic rings. The molecule has 0 aromatic heterocycles. The molecule has 0 rings (SSSR count). The van der Waals surface area contributed by atoms with Crippen molar-refractivity contribution in [2.75, 3.05) is 19.6 Å². The molecule has 0 aliphatic rings. The molecule has 0 radical (unpaired) electrons. The van der Waals surface area contributed by atoms with Gasteiger partial charge in [0, 0.05) is 13.0 Å². The van der Waals surface area contributed by atoms with Crippen molar-refractivity contribution in [3.63, 3.8) is 0 Å². The quantitative estimate of drug-likeness (QED) is 0.273. The van der Waals surface area contributed by atoms with Gasteiger partial charge in [0.1, 0.15) is 5.84 Å². The highest BCUT2D eigenvalue weighted by Crippen LogP contribution is 1.96. The van der Waals surface area contributed by atoms with Crippen LogP contribution in [-0.4, -0.2) is 35.6 Å². The van der Waals surface area contributed by atoms with E-state index in [1.165, 1.54) is 12.8 Å². The Morgan fingerprint density at radius 2 is 2.08 bits per heavy atom. The van der Waals surface area contributed by atoms with Crippen molar-refractivity contribution in [3.05, 3.63) is 0 Å². The van der Waals surface area contributed by atoms with Crippen molar-refractivity contribution >= 4 is 5.84 Å². The van der Waals surface area contributed by atoms with Crippen molar-refractivity contribution in [3.8, 4) is 0 Å². The maximum Gasteiger partial charge on any atom is 0.140 e. The molecular formula is C9H21N3O. The fraction of sp³-hybridized carbons (Fsp3) is 0.889. The number of rotatable bonds is 7. The zero-order valence-corrected chi connectivity index (χ0v) is 8.66. The summed E-state index contributed by atoms with van der Waals surface area (Å²) in [7, 11) is 0. The summed E-state index contributed by atoms with van der Waals surface area (Å²) in [5.41, 5.74) is 5.38. The number of nitrogens with two attached hydrogens (primary N) is 1. The Morgan fingerprint density at radius 1 is 1.38 bits per heavy atom. The topological polar surface area (TPSA) is 61.8 Å². The van der Waals surface area contributed by atoms with Crippen LogP contribution < -0.4 is 5.73 Å². The second-order valence-electron chi connectivity index (χ2n) is 3.13. The molecule has 0 aromatic carbocycles. The van der Waals surface area contributed by atoms with E-state index in [4.69, 9.17) is 10.9 Å². The van der Waals surface area contributed by atoms with Crippen LogP contribution in [0.1, 0.15) is 33.1 Å². The van der Waals surface area contributed by atoms with Gasteiger partial charge in [-0.05, 0) is 19.5 Å². The third-order valence-corrected chi connectivity index (χ3v) is 2.09. The molecule has 0 heterocycles. The van der Waals surface area contributed by atoms with Gasteiger partial charge in [-0.15, -0.1) is 0 Å². The Labute approximate surface area is 80.4 Å². The first-order chi connectivity index (χ1) is 6.24. The largest absolute Gasteiger partial charge is 0.409 e. The minimum absolute atomic E-state index is 0.315. The fourth-order valence-corrected chi connectivity index (χ4v) is 1.13. The standard InChI is InChI=1S/C9H21N3O/c1-3-5-7-12(4-2)8-6-9(10)11-13/h13H,3-8H2,1-2H3,(H2,10,11). The lowest BCUT2D eigenvalue weighted by Crippen LogP contribution is -2.29. The van der Waals surface area contributed by atoms with Crippen molar-refractivity contribution in [1.29, 1.82) is 0 Å². The van der Waals surface area contributed by atoms with Crippen LogP contribution >= 0.6 is 0 Å². The van der Waals surface area contributed by atoms with E-state index in [0.29, 0.717) is 12.3 Å². The van der Waals surface area contributed by atoms with Gasteiger partial charge in [0.25, 0.3) is 0 Å². The van der Waals surface area contributed by atoms with Crippen LogP contribution in [0.5, 0.6) is 0 Å². The minimum Gasteiger partial charge on any atom is -0.409 e. The fourth-order valence-electron chi connectivity index (χ4n) is 1.13. The van der Waals surface area contributed by atoms with Gasteiger partial charge in [-0.1, -0.05) is 25.4 Å². The number of hydrogen-bond donors (Lipinski definition) is 2. The number of unbranched alkanes of at least 4 members (excludes halogenated alkanes) is 1. The molecule has 78 valence electrons. The highest BCUT2D eigenvalue weighted by Gasteiger charge is 2.02. The third kappa shape index (κ3) is 6.40. The molecule has 0 saturated heterocycles. The van der Waals surface area contributed by atoms with Gasteiger partial charge >= 0.3 is 0 Å². The van der Waals surface area contributed by atoms with Gasteiger partial charge in [-0.25, -0.2) is 0 Å². The van der Waals surface area contributed by atoms with Crippen LogP contribution in [0.3, 0.4) is 0 Å². The van der Waals surface area contributed by atoms with Gasteiger partial charge in [0.05, 0.1) is 0 Å². The molecule has 0 aliphatic carbocycles. The van der Waals surface area contributed by atoms with E-state index in [1.54, 1.807) is 0 Å². The average Bonchev–Trinajstić information content (AvgIpc) is 2.17. The van der Waals surface area contributed by atoms with Crippen LogP contribution in [0.25, 0.3) is 0 Å². The summed E-state index contributed by atoms with van der Waals surface area (Å²) in [5.74, 6) is 0.315. The van der Waals surface area contributed by atoms with Crippen LogP contribution in [0.15, 0.2) is 5.16 Å². The highest BCUT2D eigenvalue weighted by molar-refractivity contribution is 5.79. The van der Waals surface area contributed by atoms with E-state index in [2.05, 4.69) is 23.9 Å². The van der Waals surface area contributed by atoms with Crippen molar-refractivity contribution < 1.29 is 5.21 Å². The number of amidine groups is 1. The predicted octanol–water partition coefficient (Wildman–Crippen LogP) is 1.24. The van der Waals surface area contributed by atoms with Crippen molar-refractivity contribution in [1.82, 2.24) is 4.90 Å². The van der Waals surface area contributed by atoms with E-state index < -0.39 is 0 Å². The van der Waals surface area contributed by atoms with E-state index >= 15 is 0 Å². The van der Waals surface area contributed by atoms with Crippen LogP contribution in [0, 0.1) is 0 Å². The molecule has 0 aliphatic heterocycles. The molecule has 4 heteroatoms. The Bertz CT molecular complexity index is 148. The smallest absolute Gasteiger partial charge is 0.140 e. The summed E-state index contributed by atoms with van der Waals surface area (Å²) in [6, 6.07) is 0. The molecule has 4 nitrogen and oxygen atoms in total. The van der Waals surface area contributed by atoms with Gasteiger partial charge in [-0.3, -0.25) is 0 Å². The van der Waals surface area contributed by atoms with E-state index in [0.717, 1.165) is 19.6 Å². The summed E-state index contributed by atoms with van der Waals surface area (Å²) >= 11 is 0. The van der Waals surface area contributed by atoms with Crippen molar-refractivity contribution in [2.45, 2.75) is 33.1 Å². The Balaban J connectivity index is 3.59. The Morgan fingerprint density at radius 3 is 2.54 bits per heavy atom. The summed E-state index contributed by atoms with van der Waals surface area (Å²) in [5, 5.41) is 11.3. The number of nitrogens with zero attached hydrogens (tertiary/aromatic N) is 2. The predicted molar refractivity (Wildman–Crippen MR) is 55.0 cm³/mol. The van der Waals surface area contributed by atoms with Gasteiger partial charge in [0.2, 0.25) is 0 Å². The zero-order valence-electron chi connectivity index (χ0n) is 8.66. The second-order valence-corrected chi connectivity index (χ2v) is 3.13. The maximum absolute atomic E-state index is 8.34. The summed E-state index contributed by atoms with van der Waals surface area (Å²) in [6.07, 6.45) is 3.07. The average molecular weight is 187 g/mol. The minimum atomic E-state index is 0.315. The zero-order chi connectivity index (χ0) is 10.1. The second kappa shape index (κ2) is 7.86.